The van der Waals surface area contributed by atoms with Crippen LogP contribution in [0, 0.1) is 5.82 Å². The number of carbonyl (C=O) groups is 1. The predicted octanol–water partition coefficient (Wildman–Crippen LogP) is 5.01. The van der Waals surface area contributed by atoms with Gasteiger partial charge in [-0.05, 0) is 93.9 Å². The monoisotopic (exact) mass is 543 g/mol. The molecule has 0 radical (unpaired) electrons. The maximum absolute atomic E-state index is 16.0. The van der Waals surface area contributed by atoms with Crippen LogP contribution in [-0.4, -0.2) is 77.6 Å². The van der Waals surface area contributed by atoms with Gasteiger partial charge in [0, 0.05) is 42.7 Å². The molecule has 2 fully saturated rings. The molecule has 3 heterocycles. The van der Waals surface area contributed by atoms with E-state index in [4.69, 9.17) is 14.7 Å². The van der Waals surface area contributed by atoms with Gasteiger partial charge in [0.1, 0.15) is 18.2 Å². The number of hydrogen-bond acceptors (Lipinski definition) is 6. The molecule has 40 heavy (non-hydrogen) atoms. The van der Waals surface area contributed by atoms with Crippen LogP contribution in [0.3, 0.4) is 0 Å². The Morgan fingerprint density at radius 1 is 1.12 bits per heavy atom. The topological polar surface area (TPSA) is 61.8 Å². The minimum Gasteiger partial charge on any atom is -0.462 e. The van der Waals surface area contributed by atoms with Gasteiger partial charge in [0.15, 0.2) is 0 Å². The molecule has 2 aromatic carbocycles. The first-order valence-corrected chi connectivity index (χ1v) is 14.6. The van der Waals surface area contributed by atoms with Crippen LogP contribution < -0.4 is 9.64 Å². The molecule has 0 spiro atoms. The maximum Gasteiger partial charge on any atom is 0.319 e. The Morgan fingerprint density at radius 2 is 1.98 bits per heavy atom. The molecule has 1 aromatic heterocycles. The Labute approximate surface area is 235 Å². The molecule has 8 heteroatoms. The Kier molecular flexibility index (Phi) is 7.45. The summed E-state index contributed by atoms with van der Waals surface area (Å²) in [6.45, 7) is 8.92. The van der Waals surface area contributed by atoms with Crippen molar-refractivity contribution < 1.29 is 13.9 Å². The van der Waals surface area contributed by atoms with E-state index >= 15 is 4.39 Å². The number of halogens is 1. The number of ether oxygens (including phenoxy) is 1. The van der Waals surface area contributed by atoms with E-state index in [1.54, 1.807) is 11.0 Å². The molecule has 6 rings (SSSR count). The first kappa shape index (κ1) is 26.7. The molecule has 2 aliphatic heterocycles. The second-order valence-corrected chi connectivity index (χ2v) is 11.4. The summed E-state index contributed by atoms with van der Waals surface area (Å²) >= 11 is 0. The van der Waals surface area contributed by atoms with Gasteiger partial charge in [-0.2, -0.15) is 9.97 Å². The molecule has 3 aliphatic rings. The highest BCUT2D eigenvalue weighted by Gasteiger charge is 2.30. The van der Waals surface area contributed by atoms with Crippen molar-refractivity contribution in [2.45, 2.75) is 57.5 Å². The highest BCUT2D eigenvalue weighted by molar-refractivity contribution is 5.94. The van der Waals surface area contributed by atoms with Crippen LogP contribution in [0.1, 0.15) is 43.7 Å². The fourth-order valence-electron chi connectivity index (χ4n) is 6.60. The van der Waals surface area contributed by atoms with Crippen LogP contribution in [0.2, 0.25) is 0 Å². The molecule has 0 bridgehead atoms. The van der Waals surface area contributed by atoms with Gasteiger partial charge in [-0.25, -0.2) is 4.39 Å². The highest BCUT2D eigenvalue weighted by atomic mass is 19.1. The molecule has 1 amide bonds. The van der Waals surface area contributed by atoms with Crippen molar-refractivity contribution in [1.82, 2.24) is 19.8 Å². The summed E-state index contributed by atoms with van der Waals surface area (Å²) in [5.74, 6) is 0.301. The van der Waals surface area contributed by atoms with E-state index in [1.165, 1.54) is 23.6 Å². The predicted molar refractivity (Wildman–Crippen MR) is 156 cm³/mol. The average molecular weight is 544 g/mol. The number of benzene rings is 2. The zero-order chi connectivity index (χ0) is 27.8. The number of anilines is 1. The van der Waals surface area contributed by atoms with Crippen molar-refractivity contribution in [2.75, 3.05) is 44.7 Å². The van der Waals surface area contributed by atoms with Crippen molar-refractivity contribution >= 4 is 22.6 Å². The Bertz CT molecular complexity index is 1440. The third kappa shape index (κ3) is 5.05. The summed E-state index contributed by atoms with van der Waals surface area (Å²) in [7, 11) is 2.12. The average Bonchev–Trinajstić information content (AvgIpc) is 3.39. The van der Waals surface area contributed by atoms with E-state index in [1.807, 2.05) is 18.2 Å². The molecule has 1 aliphatic carbocycles. The quantitative estimate of drug-likeness (QED) is 0.408. The highest BCUT2D eigenvalue weighted by Crippen LogP contribution is 2.37. The lowest BCUT2D eigenvalue weighted by Crippen LogP contribution is -2.53. The summed E-state index contributed by atoms with van der Waals surface area (Å²) in [4.78, 5) is 28.2. The number of amides is 1. The zero-order valence-corrected chi connectivity index (χ0v) is 23.5. The molecule has 7 nitrogen and oxygen atoms in total. The number of rotatable bonds is 6. The minimum absolute atomic E-state index is 0.0200. The molecule has 2 saturated heterocycles. The smallest absolute Gasteiger partial charge is 0.319 e. The van der Waals surface area contributed by atoms with Crippen molar-refractivity contribution in [3.05, 3.63) is 59.9 Å². The molecule has 2 atom stereocenters. The van der Waals surface area contributed by atoms with Crippen molar-refractivity contribution in [1.29, 1.82) is 0 Å². The second-order valence-electron chi connectivity index (χ2n) is 11.4. The summed E-state index contributed by atoms with van der Waals surface area (Å²) in [6, 6.07) is 10.3. The third-order valence-corrected chi connectivity index (χ3v) is 8.89. The largest absolute Gasteiger partial charge is 0.462 e. The number of aryl methyl sites for hydroxylation is 1. The van der Waals surface area contributed by atoms with Crippen LogP contribution >= 0.6 is 0 Å². The summed E-state index contributed by atoms with van der Waals surface area (Å²) in [5, 5.41) is 0.659. The number of fused-ring (bicyclic) bond motifs is 2. The molecule has 0 N–H and O–H groups in total. The molecule has 210 valence electrons. The van der Waals surface area contributed by atoms with Gasteiger partial charge in [0.2, 0.25) is 5.91 Å². The lowest BCUT2D eigenvalue weighted by molar-refractivity contribution is -0.126. The van der Waals surface area contributed by atoms with Crippen molar-refractivity contribution in [3.63, 3.8) is 0 Å². The van der Waals surface area contributed by atoms with Crippen LogP contribution in [0.4, 0.5) is 10.2 Å². The summed E-state index contributed by atoms with van der Waals surface area (Å²) < 4.78 is 22.2. The normalized spacial score (nSPS) is 21.5. The first-order valence-electron chi connectivity index (χ1n) is 14.6. The number of nitrogens with zero attached hydrogens (tertiary/aromatic N) is 5. The lowest BCUT2D eigenvalue weighted by atomic mass is 9.85. The number of hydrogen-bond donors (Lipinski definition) is 0. The van der Waals surface area contributed by atoms with Gasteiger partial charge in [-0.1, -0.05) is 24.8 Å². The van der Waals surface area contributed by atoms with E-state index in [9.17, 15) is 4.79 Å². The number of carbonyl (C=O) groups excluding carboxylic acids is 1. The van der Waals surface area contributed by atoms with Crippen LogP contribution in [0.25, 0.3) is 22.0 Å². The van der Waals surface area contributed by atoms with Crippen molar-refractivity contribution in [2.24, 2.45) is 0 Å². The second kappa shape index (κ2) is 11.2. The Balaban J connectivity index is 1.42. The number of aromatic nitrogens is 2. The molecule has 0 saturated carbocycles. The van der Waals surface area contributed by atoms with Crippen LogP contribution in [-0.2, 0) is 17.6 Å². The minimum atomic E-state index is -0.273. The van der Waals surface area contributed by atoms with E-state index in [-0.39, 0.29) is 17.8 Å². The Morgan fingerprint density at radius 3 is 2.75 bits per heavy atom. The fraction of sp³-hybridized carbons (Fsp3) is 0.469. The lowest BCUT2D eigenvalue weighted by Gasteiger charge is -2.40. The molecular weight excluding hydrogens is 505 g/mol. The maximum atomic E-state index is 16.0. The van der Waals surface area contributed by atoms with Crippen LogP contribution in [0.5, 0.6) is 6.01 Å². The van der Waals surface area contributed by atoms with Gasteiger partial charge >= 0.3 is 6.01 Å². The Hall–Kier alpha value is -3.52. The number of likely N-dealkylation sites (tertiary alicyclic amines) is 1. The molecule has 3 aromatic rings. The first-order chi connectivity index (χ1) is 19.4. The fourth-order valence-corrected chi connectivity index (χ4v) is 6.60. The zero-order valence-electron chi connectivity index (χ0n) is 23.5. The molecular formula is C32H38FN5O2. The van der Waals surface area contributed by atoms with E-state index < -0.39 is 0 Å². The van der Waals surface area contributed by atoms with Crippen LogP contribution in [0.15, 0.2) is 43.0 Å². The van der Waals surface area contributed by atoms with E-state index in [2.05, 4.69) is 36.4 Å². The molecule has 2 unspecified atom stereocenters. The number of likely N-dealkylation sites (N-methyl/N-ethyl adjacent to an activating group) is 1. The van der Waals surface area contributed by atoms with E-state index in [0.29, 0.717) is 60.6 Å². The standard InChI is InChI=1S/C32H38FN5O2/c1-4-30(39)37-15-16-38(21(2)19-37)31-27-17-28(33)26(25-13-7-10-22-9-5-6-12-24(22)25)18-29(27)34-32(35-31)40-20-23-11-8-14-36(23)3/h4,7,10,13,17-18,21,23H,1,5-6,8-9,11-12,14-16,19-20H2,2-3H3. The summed E-state index contributed by atoms with van der Waals surface area (Å²) in [5.41, 5.74) is 4.76. The number of piperazine rings is 1. The van der Waals surface area contributed by atoms with Gasteiger partial charge in [-0.3, -0.25) is 4.79 Å². The SMILES string of the molecule is C=CC(=O)N1CCN(c2nc(OCC3CCCN3C)nc3cc(-c4cccc5c4CCCC5)c(F)cc23)C(C)C1. The van der Waals surface area contributed by atoms with E-state index in [0.717, 1.165) is 44.2 Å². The van der Waals surface area contributed by atoms with Gasteiger partial charge in [-0.15, -0.1) is 0 Å². The van der Waals surface area contributed by atoms with Crippen molar-refractivity contribution in [3.8, 4) is 17.1 Å². The van der Waals surface area contributed by atoms with Gasteiger partial charge in [0.25, 0.3) is 0 Å². The summed E-state index contributed by atoms with van der Waals surface area (Å²) in [6.07, 6.45) is 7.90. The third-order valence-electron chi connectivity index (χ3n) is 8.89. The van der Waals surface area contributed by atoms with Gasteiger partial charge in [0.05, 0.1) is 5.52 Å². The van der Waals surface area contributed by atoms with Gasteiger partial charge < -0.3 is 19.4 Å².